The van der Waals surface area contributed by atoms with E-state index in [0.717, 1.165) is 34.4 Å². The molecule has 1 aliphatic heterocycles. The van der Waals surface area contributed by atoms with Crippen molar-refractivity contribution in [2.24, 2.45) is 0 Å². The first-order chi connectivity index (χ1) is 19.3. The minimum atomic E-state index is -1.36. The quantitative estimate of drug-likeness (QED) is 0.295. The molecule has 2 atom stereocenters. The Morgan fingerprint density at radius 2 is 1.68 bits per heavy atom. The molecule has 0 spiro atoms. The largest absolute Gasteiger partial charge is 0.488 e. The maximum absolute atomic E-state index is 14.5. The summed E-state index contributed by atoms with van der Waals surface area (Å²) in [6, 6.07) is 23.4. The Balaban J connectivity index is 1.48. The monoisotopic (exact) mass is 543 g/mol. The third-order valence-electron chi connectivity index (χ3n) is 6.93. The first-order valence-corrected chi connectivity index (χ1v) is 12.8. The van der Waals surface area contributed by atoms with Crippen molar-refractivity contribution in [1.82, 2.24) is 4.90 Å². The topological polar surface area (TPSA) is 76.1 Å². The van der Waals surface area contributed by atoms with E-state index in [1.807, 2.05) is 49.4 Å². The molecule has 1 N–H and O–H groups in total. The van der Waals surface area contributed by atoms with E-state index >= 15 is 0 Å². The minimum absolute atomic E-state index is 0.00823. The highest BCUT2D eigenvalue weighted by atomic mass is 19.1. The van der Waals surface area contributed by atoms with Crippen molar-refractivity contribution in [3.05, 3.63) is 130 Å². The van der Waals surface area contributed by atoms with E-state index < -0.39 is 35.7 Å². The fourth-order valence-electron chi connectivity index (χ4n) is 4.87. The van der Waals surface area contributed by atoms with Gasteiger partial charge in [-0.05, 0) is 35.7 Å². The Morgan fingerprint density at radius 1 is 0.975 bits per heavy atom. The van der Waals surface area contributed by atoms with Gasteiger partial charge >= 0.3 is 5.97 Å². The maximum Gasteiger partial charge on any atom is 0.326 e. The Hall–Kier alpha value is -4.72. The van der Waals surface area contributed by atoms with Gasteiger partial charge in [-0.15, -0.1) is 0 Å². The summed E-state index contributed by atoms with van der Waals surface area (Å²) in [6.07, 6.45) is -1.34. The lowest BCUT2D eigenvalue weighted by Gasteiger charge is -2.37. The van der Waals surface area contributed by atoms with Gasteiger partial charge in [-0.3, -0.25) is 4.79 Å². The van der Waals surface area contributed by atoms with E-state index in [0.29, 0.717) is 24.0 Å². The molecule has 0 radical (unpaired) electrons. The molecule has 0 saturated carbocycles. The number of hydrogen-bond donors (Lipinski definition) is 1. The lowest BCUT2D eigenvalue weighted by atomic mass is 9.90. The fraction of sp³-hybridized carbons (Fsp3) is 0.188. The van der Waals surface area contributed by atoms with E-state index in [-0.39, 0.29) is 18.7 Å². The molecule has 8 heteroatoms. The lowest BCUT2D eigenvalue weighted by Crippen LogP contribution is -2.51. The number of carboxylic acid groups (broad SMARTS) is 1. The first-order valence-electron chi connectivity index (χ1n) is 12.8. The molecule has 0 unspecified atom stereocenters. The molecule has 4 aromatic carbocycles. The zero-order valence-corrected chi connectivity index (χ0v) is 21.7. The number of carbonyl (C=O) groups is 2. The van der Waals surface area contributed by atoms with Crippen LogP contribution in [0.4, 0.5) is 8.78 Å². The Labute approximate surface area is 230 Å². The van der Waals surface area contributed by atoms with Gasteiger partial charge in [0, 0.05) is 30.2 Å². The molecule has 6 nitrogen and oxygen atoms in total. The molecule has 1 aliphatic rings. The molecule has 204 valence electrons. The van der Waals surface area contributed by atoms with Gasteiger partial charge in [0.25, 0.3) is 5.91 Å². The molecule has 0 saturated heterocycles. The third kappa shape index (κ3) is 5.66. The van der Waals surface area contributed by atoms with Gasteiger partial charge in [0.05, 0.1) is 0 Å². The van der Waals surface area contributed by atoms with E-state index in [4.69, 9.17) is 9.47 Å². The highest BCUT2D eigenvalue weighted by Gasteiger charge is 2.40. The summed E-state index contributed by atoms with van der Waals surface area (Å²) in [4.78, 5) is 27.7. The summed E-state index contributed by atoms with van der Waals surface area (Å²) in [7, 11) is 0. The van der Waals surface area contributed by atoms with Gasteiger partial charge < -0.3 is 19.5 Å². The SMILES string of the molecule is Cc1ccc2c(c1OCc1ccccc1)C[C@@H](C(=O)O)N(C(=O)[C@@H](Oc1ccc(F)cc1F)c1ccccc1)C2. The maximum atomic E-state index is 14.5. The third-order valence-corrected chi connectivity index (χ3v) is 6.93. The van der Waals surface area contributed by atoms with Gasteiger partial charge in [0.15, 0.2) is 11.6 Å². The van der Waals surface area contributed by atoms with Crippen LogP contribution in [0, 0.1) is 18.6 Å². The number of ether oxygens (including phenoxy) is 2. The van der Waals surface area contributed by atoms with Gasteiger partial charge in [-0.25, -0.2) is 13.6 Å². The summed E-state index contributed by atoms with van der Waals surface area (Å²) >= 11 is 0. The van der Waals surface area contributed by atoms with Crippen LogP contribution in [0.2, 0.25) is 0 Å². The Bertz CT molecular complexity index is 1530. The summed E-state index contributed by atoms with van der Waals surface area (Å²) < 4.78 is 40.0. The molecular weight excluding hydrogens is 516 g/mol. The van der Waals surface area contributed by atoms with Gasteiger partial charge in [0.2, 0.25) is 6.10 Å². The van der Waals surface area contributed by atoms with Gasteiger partial charge in [-0.2, -0.15) is 0 Å². The predicted molar refractivity (Wildman–Crippen MR) is 144 cm³/mol. The van der Waals surface area contributed by atoms with E-state index in [1.165, 1.54) is 4.90 Å². The summed E-state index contributed by atoms with van der Waals surface area (Å²) in [5.41, 5.74) is 3.71. The minimum Gasteiger partial charge on any atom is -0.488 e. The summed E-state index contributed by atoms with van der Waals surface area (Å²) in [5, 5.41) is 10.2. The number of hydrogen-bond acceptors (Lipinski definition) is 4. The number of rotatable bonds is 8. The number of benzene rings is 4. The molecule has 0 fully saturated rings. The number of fused-ring (bicyclic) bond motifs is 1. The average Bonchev–Trinajstić information content (AvgIpc) is 2.96. The molecule has 5 rings (SSSR count). The molecule has 1 amide bonds. The van der Waals surface area contributed by atoms with Crippen molar-refractivity contribution in [3.8, 4) is 11.5 Å². The van der Waals surface area contributed by atoms with Crippen molar-refractivity contribution in [3.63, 3.8) is 0 Å². The zero-order chi connectivity index (χ0) is 28.2. The van der Waals surface area contributed by atoms with Crippen LogP contribution in [0.1, 0.15) is 33.9 Å². The number of halogens is 2. The molecule has 1 heterocycles. The average molecular weight is 544 g/mol. The smallest absolute Gasteiger partial charge is 0.326 e. The van der Waals surface area contributed by atoms with Crippen LogP contribution >= 0.6 is 0 Å². The van der Waals surface area contributed by atoms with Gasteiger partial charge in [-0.1, -0.05) is 72.8 Å². The second-order valence-electron chi connectivity index (χ2n) is 9.63. The van der Waals surface area contributed by atoms with Crippen LogP contribution in [0.5, 0.6) is 11.5 Å². The van der Waals surface area contributed by atoms with Crippen LogP contribution in [0.25, 0.3) is 0 Å². The molecule has 40 heavy (non-hydrogen) atoms. The lowest BCUT2D eigenvalue weighted by molar-refractivity contribution is -0.155. The number of aryl methyl sites for hydroxylation is 1. The highest BCUT2D eigenvalue weighted by Crippen LogP contribution is 2.36. The fourth-order valence-corrected chi connectivity index (χ4v) is 4.87. The normalized spacial score (nSPS) is 15.2. The van der Waals surface area contributed by atoms with Crippen molar-refractivity contribution < 1.29 is 33.0 Å². The first kappa shape index (κ1) is 26.9. The molecule has 0 aliphatic carbocycles. The van der Waals surface area contributed by atoms with E-state index in [9.17, 15) is 23.5 Å². The molecule has 0 aromatic heterocycles. The van der Waals surface area contributed by atoms with Crippen molar-refractivity contribution in [2.45, 2.75) is 38.6 Å². The van der Waals surface area contributed by atoms with Gasteiger partial charge in [0.1, 0.15) is 24.2 Å². The standard InChI is InChI=1S/C32H27F2NO5/c1-20-12-13-23-18-35(27(32(37)38)17-25(23)29(20)39-19-21-8-4-2-5-9-21)31(36)30(22-10-6-3-7-11-22)40-28-15-14-24(33)16-26(28)34/h2-16,27,30H,17-19H2,1H3,(H,37,38)/t27-,30-/m0/s1. The van der Waals surface area contributed by atoms with E-state index in [1.54, 1.807) is 30.3 Å². The number of carbonyl (C=O) groups excluding carboxylic acids is 1. The van der Waals surface area contributed by atoms with Crippen molar-refractivity contribution >= 4 is 11.9 Å². The second-order valence-corrected chi connectivity index (χ2v) is 9.63. The second kappa shape index (κ2) is 11.6. The Kier molecular flexibility index (Phi) is 7.77. The molecular formula is C32H27F2NO5. The van der Waals surface area contributed by atoms with E-state index in [2.05, 4.69) is 0 Å². The van der Waals surface area contributed by atoms with Crippen LogP contribution in [-0.4, -0.2) is 27.9 Å². The highest BCUT2D eigenvalue weighted by molar-refractivity contribution is 5.88. The van der Waals surface area contributed by atoms with Crippen LogP contribution in [0.3, 0.4) is 0 Å². The Morgan fingerprint density at radius 3 is 2.35 bits per heavy atom. The molecule has 4 aromatic rings. The number of carboxylic acids is 1. The predicted octanol–water partition coefficient (Wildman–Crippen LogP) is 6.01. The number of amides is 1. The summed E-state index contributed by atoms with van der Waals surface area (Å²) in [6.45, 7) is 2.20. The van der Waals surface area contributed by atoms with Crippen molar-refractivity contribution in [1.29, 1.82) is 0 Å². The number of aliphatic carboxylic acids is 1. The molecule has 0 bridgehead atoms. The zero-order valence-electron chi connectivity index (χ0n) is 21.7. The van der Waals surface area contributed by atoms with Crippen LogP contribution < -0.4 is 9.47 Å². The summed E-state index contributed by atoms with van der Waals surface area (Å²) in [5.74, 6) is -3.31. The number of nitrogens with zero attached hydrogens (tertiary/aromatic N) is 1. The van der Waals surface area contributed by atoms with Crippen molar-refractivity contribution in [2.75, 3.05) is 0 Å². The van der Waals surface area contributed by atoms with Crippen LogP contribution in [0.15, 0.2) is 91.0 Å². The van der Waals surface area contributed by atoms with Crippen LogP contribution in [-0.2, 0) is 29.2 Å².